The Bertz CT molecular complexity index is 619. The van der Waals surface area contributed by atoms with Gasteiger partial charge in [-0.1, -0.05) is 19.9 Å². The van der Waals surface area contributed by atoms with E-state index >= 15 is 0 Å². The van der Waals surface area contributed by atoms with Crippen LogP contribution in [0.2, 0.25) is 0 Å². The molecule has 1 aliphatic rings. The molecule has 2 heterocycles. The van der Waals surface area contributed by atoms with E-state index in [4.69, 9.17) is 4.74 Å². The Morgan fingerprint density at radius 1 is 1.47 bits per heavy atom. The molecule has 17 heavy (non-hydrogen) atoms. The lowest BCUT2D eigenvalue weighted by atomic mass is 9.96. The van der Waals surface area contributed by atoms with Crippen LogP contribution in [0, 0.1) is 5.92 Å². The van der Waals surface area contributed by atoms with Gasteiger partial charge >= 0.3 is 0 Å². The van der Waals surface area contributed by atoms with E-state index in [2.05, 4.69) is 24.0 Å². The summed E-state index contributed by atoms with van der Waals surface area (Å²) in [6, 6.07) is 5.56. The van der Waals surface area contributed by atoms with E-state index in [0.29, 0.717) is 11.3 Å². The molecule has 0 bridgehead atoms. The van der Waals surface area contributed by atoms with E-state index in [1.54, 1.807) is 0 Å². The van der Waals surface area contributed by atoms with E-state index in [1.807, 2.05) is 18.2 Å². The van der Waals surface area contributed by atoms with Crippen molar-refractivity contribution < 1.29 is 4.74 Å². The largest absolute Gasteiger partial charge is 0.489 e. The maximum atomic E-state index is 11.7. The van der Waals surface area contributed by atoms with Gasteiger partial charge in [0.2, 0.25) is 0 Å². The van der Waals surface area contributed by atoms with Gasteiger partial charge in [0, 0.05) is 6.42 Å². The van der Waals surface area contributed by atoms with Crippen LogP contribution in [0.4, 0.5) is 0 Å². The number of hydrogen-bond acceptors (Lipinski definition) is 3. The van der Waals surface area contributed by atoms with Crippen molar-refractivity contribution in [2.24, 2.45) is 5.92 Å². The molecule has 3 rings (SSSR count). The zero-order valence-electron chi connectivity index (χ0n) is 9.86. The minimum atomic E-state index is -0.155. The fraction of sp³-hybridized carbons (Fsp3) is 0.385. The van der Waals surface area contributed by atoms with E-state index in [0.717, 1.165) is 23.3 Å². The van der Waals surface area contributed by atoms with Gasteiger partial charge in [-0.25, -0.2) is 5.10 Å². The fourth-order valence-electron chi connectivity index (χ4n) is 2.27. The van der Waals surface area contributed by atoms with Gasteiger partial charge in [0.25, 0.3) is 5.56 Å². The summed E-state index contributed by atoms with van der Waals surface area (Å²) in [5, 5.41) is 8.24. The molecule has 2 aromatic rings. The van der Waals surface area contributed by atoms with E-state index in [1.165, 1.54) is 0 Å². The first kappa shape index (κ1) is 10.3. The van der Waals surface area contributed by atoms with Crippen LogP contribution in [-0.4, -0.2) is 16.3 Å². The van der Waals surface area contributed by atoms with Crippen molar-refractivity contribution in [3.05, 3.63) is 34.2 Å². The summed E-state index contributed by atoms with van der Waals surface area (Å²) in [5.74, 6) is 1.20. The number of nitrogens with zero attached hydrogens (tertiary/aromatic N) is 1. The molecule has 1 aromatic carbocycles. The number of aromatic nitrogens is 2. The van der Waals surface area contributed by atoms with Crippen LogP contribution in [-0.2, 0) is 6.42 Å². The molecule has 1 unspecified atom stereocenters. The molecular weight excluding hydrogens is 216 g/mol. The quantitative estimate of drug-likeness (QED) is 0.813. The first-order valence-corrected chi connectivity index (χ1v) is 5.84. The lowest BCUT2D eigenvalue weighted by molar-refractivity contribution is 0.146. The Kier molecular flexibility index (Phi) is 2.18. The third kappa shape index (κ3) is 1.52. The number of ether oxygens (including phenoxy) is 1. The average molecular weight is 230 g/mol. The van der Waals surface area contributed by atoms with Crippen LogP contribution in [0.3, 0.4) is 0 Å². The molecule has 0 saturated heterocycles. The summed E-state index contributed by atoms with van der Waals surface area (Å²) in [5.41, 5.74) is 0.775. The van der Waals surface area contributed by atoms with Crippen LogP contribution in [0.1, 0.15) is 19.5 Å². The lowest BCUT2D eigenvalue weighted by Gasteiger charge is -2.27. The summed E-state index contributed by atoms with van der Waals surface area (Å²) in [7, 11) is 0. The fourth-order valence-corrected chi connectivity index (χ4v) is 2.27. The van der Waals surface area contributed by atoms with Crippen LogP contribution < -0.4 is 10.3 Å². The van der Waals surface area contributed by atoms with Gasteiger partial charge in [-0.05, 0) is 18.1 Å². The summed E-state index contributed by atoms with van der Waals surface area (Å²) in [6.07, 6.45) is 0.883. The Balaban J connectivity index is 2.27. The highest BCUT2D eigenvalue weighted by Crippen LogP contribution is 2.33. The van der Waals surface area contributed by atoms with Gasteiger partial charge < -0.3 is 4.74 Å². The molecule has 88 valence electrons. The second kappa shape index (κ2) is 3.58. The third-order valence-electron chi connectivity index (χ3n) is 3.27. The van der Waals surface area contributed by atoms with E-state index < -0.39 is 0 Å². The second-order valence-corrected chi connectivity index (χ2v) is 4.78. The molecule has 0 spiro atoms. The molecule has 0 fully saturated rings. The van der Waals surface area contributed by atoms with Crippen molar-refractivity contribution in [2.75, 3.05) is 0 Å². The van der Waals surface area contributed by atoms with Gasteiger partial charge in [0.1, 0.15) is 11.9 Å². The monoisotopic (exact) mass is 230 g/mol. The maximum Gasteiger partial charge on any atom is 0.272 e. The number of aromatic amines is 1. The average Bonchev–Trinajstić information content (AvgIpc) is 2.33. The van der Waals surface area contributed by atoms with Crippen LogP contribution >= 0.6 is 0 Å². The van der Waals surface area contributed by atoms with Crippen molar-refractivity contribution in [1.82, 2.24) is 10.2 Å². The maximum absolute atomic E-state index is 11.7. The molecule has 4 heteroatoms. The number of hydrogen-bond donors (Lipinski definition) is 1. The number of nitrogens with one attached hydrogen (secondary N) is 1. The SMILES string of the molecule is CC(C)C1Cc2n[nH]c(=O)c3cccc(c23)O1. The van der Waals surface area contributed by atoms with Crippen molar-refractivity contribution in [2.45, 2.75) is 26.4 Å². The minimum absolute atomic E-state index is 0.131. The van der Waals surface area contributed by atoms with Gasteiger partial charge in [-0.3, -0.25) is 4.79 Å². The van der Waals surface area contributed by atoms with Crippen molar-refractivity contribution >= 4 is 10.8 Å². The van der Waals surface area contributed by atoms with Crippen molar-refractivity contribution in [1.29, 1.82) is 0 Å². The smallest absolute Gasteiger partial charge is 0.272 e. The van der Waals surface area contributed by atoms with Gasteiger partial charge in [0.05, 0.1) is 16.5 Å². The van der Waals surface area contributed by atoms with Gasteiger partial charge in [-0.2, -0.15) is 5.10 Å². The highest BCUT2D eigenvalue weighted by molar-refractivity contribution is 5.90. The molecule has 1 aromatic heterocycles. The Morgan fingerprint density at radius 3 is 3.06 bits per heavy atom. The molecule has 0 saturated carbocycles. The van der Waals surface area contributed by atoms with Crippen LogP contribution in [0.15, 0.2) is 23.0 Å². The highest BCUT2D eigenvalue weighted by atomic mass is 16.5. The van der Waals surface area contributed by atoms with Crippen LogP contribution in [0.5, 0.6) is 5.75 Å². The van der Waals surface area contributed by atoms with Gasteiger partial charge in [0.15, 0.2) is 0 Å². The zero-order chi connectivity index (χ0) is 12.0. The van der Waals surface area contributed by atoms with Gasteiger partial charge in [-0.15, -0.1) is 0 Å². The number of rotatable bonds is 1. The second-order valence-electron chi connectivity index (χ2n) is 4.78. The predicted molar refractivity (Wildman–Crippen MR) is 65.3 cm³/mol. The normalized spacial score (nSPS) is 18.4. The molecule has 1 aliphatic heterocycles. The number of benzene rings is 1. The van der Waals surface area contributed by atoms with Crippen LogP contribution in [0.25, 0.3) is 10.8 Å². The minimum Gasteiger partial charge on any atom is -0.489 e. The lowest BCUT2D eigenvalue weighted by Crippen LogP contribution is -2.30. The van der Waals surface area contributed by atoms with Crippen molar-refractivity contribution in [3.8, 4) is 5.75 Å². The molecule has 1 atom stereocenters. The first-order valence-electron chi connectivity index (χ1n) is 5.84. The van der Waals surface area contributed by atoms with Crippen molar-refractivity contribution in [3.63, 3.8) is 0 Å². The zero-order valence-corrected chi connectivity index (χ0v) is 9.86. The first-order chi connectivity index (χ1) is 8.16. The Hall–Kier alpha value is -1.84. The molecular formula is C13H14N2O2. The molecule has 0 amide bonds. The molecule has 0 radical (unpaired) electrons. The third-order valence-corrected chi connectivity index (χ3v) is 3.27. The van der Waals surface area contributed by atoms with E-state index in [9.17, 15) is 4.79 Å². The van der Waals surface area contributed by atoms with E-state index in [-0.39, 0.29) is 11.7 Å². The summed E-state index contributed by atoms with van der Waals surface area (Å²) >= 11 is 0. The molecule has 1 N–H and O–H groups in total. The topological polar surface area (TPSA) is 55.0 Å². The standard InChI is InChI=1S/C13H14N2O2/c1-7(2)11-6-9-12-8(13(16)15-14-9)4-3-5-10(12)17-11/h3-5,7,11H,6H2,1-2H3,(H,15,16). The Morgan fingerprint density at radius 2 is 2.29 bits per heavy atom. The molecule has 0 aliphatic carbocycles. The summed E-state index contributed by atoms with van der Waals surface area (Å²) in [4.78, 5) is 11.7. The predicted octanol–water partition coefficient (Wildman–Crippen LogP) is 1.88. The highest BCUT2D eigenvalue weighted by Gasteiger charge is 2.25. The summed E-state index contributed by atoms with van der Waals surface area (Å²) < 4.78 is 5.93. The molecule has 4 nitrogen and oxygen atoms in total. The summed E-state index contributed by atoms with van der Waals surface area (Å²) in [6.45, 7) is 4.25. The Labute approximate surface area is 98.6 Å². The number of H-pyrrole nitrogens is 1.